The van der Waals surface area contributed by atoms with Gasteiger partial charge in [-0.3, -0.25) is 0 Å². The first-order chi connectivity index (χ1) is 28.8. The van der Waals surface area contributed by atoms with Crippen molar-refractivity contribution in [3.63, 3.8) is 0 Å². The Morgan fingerprint density at radius 1 is 0.310 bits per heavy atom. The highest BCUT2D eigenvalue weighted by molar-refractivity contribution is 7.26. The van der Waals surface area contributed by atoms with E-state index in [0.29, 0.717) is 17.5 Å². The first-order valence-corrected chi connectivity index (χ1v) is 20.4. The van der Waals surface area contributed by atoms with Gasteiger partial charge in [0, 0.05) is 47.6 Å². The van der Waals surface area contributed by atoms with E-state index in [-0.39, 0.29) is 0 Å². The minimum Gasteiger partial charge on any atom is -0.309 e. The van der Waals surface area contributed by atoms with Crippen molar-refractivity contribution < 1.29 is 0 Å². The van der Waals surface area contributed by atoms with Crippen molar-refractivity contribution in [2.75, 3.05) is 0 Å². The maximum absolute atomic E-state index is 5.44. The van der Waals surface area contributed by atoms with Crippen LogP contribution in [0.2, 0.25) is 0 Å². The van der Waals surface area contributed by atoms with Crippen molar-refractivity contribution in [1.29, 1.82) is 0 Å². The Hall–Kier alpha value is -7.47. The summed E-state index contributed by atoms with van der Waals surface area (Å²) in [6.45, 7) is 0. The number of hydrogen-bond donors (Lipinski definition) is 0. The SMILES string of the molecule is c1ccc(-c2cccc3c2ccc2ccccc23)c(-c2nc(-c3ccccc3-n3c4ccccc4c4ccccc43)nc(-c3cccc4c3sc3ccccc34)n2)c1. The Bertz CT molecular complexity index is 3540. The molecule has 58 heavy (non-hydrogen) atoms. The molecule has 3 aromatic heterocycles. The van der Waals surface area contributed by atoms with Crippen LogP contribution in [0.3, 0.4) is 0 Å². The number of aromatic nitrogens is 4. The number of thiophene rings is 1. The molecule has 0 aliphatic rings. The summed E-state index contributed by atoms with van der Waals surface area (Å²) in [5, 5.41) is 9.73. The van der Waals surface area contributed by atoms with Crippen molar-refractivity contribution in [2.45, 2.75) is 0 Å². The summed E-state index contributed by atoms with van der Waals surface area (Å²) in [5.74, 6) is 1.89. The molecule has 0 fully saturated rings. The Labute approximate surface area is 338 Å². The molecule has 0 atom stereocenters. The third kappa shape index (κ3) is 5.04. The third-order valence-electron chi connectivity index (χ3n) is 11.5. The molecule has 0 spiro atoms. The largest absolute Gasteiger partial charge is 0.309 e. The third-order valence-corrected chi connectivity index (χ3v) is 12.7. The molecule has 3 heterocycles. The fourth-order valence-corrected chi connectivity index (χ4v) is 10.1. The van der Waals surface area contributed by atoms with Crippen LogP contribution in [0.15, 0.2) is 194 Å². The number of rotatable bonds is 5. The van der Waals surface area contributed by atoms with Gasteiger partial charge in [0.25, 0.3) is 0 Å². The number of nitrogens with zero attached hydrogens (tertiary/aromatic N) is 4. The van der Waals surface area contributed by atoms with Gasteiger partial charge in [0.05, 0.1) is 16.7 Å². The van der Waals surface area contributed by atoms with Crippen molar-refractivity contribution in [3.05, 3.63) is 194 Å². The van der Waals surface area contributed by atoms with Gasteiger partial charge in [-0.2, -0.15) is 0 Å². The molecular weight excluding hydrogens is 725 g/mol. The lowest BCUT2D eigenvalue weighted by Crippen LogP contribution is -2.04. The Balaban J connectivity index is 1.14. The highest BCUT2D eigenvalue weighted by atomic mass is 32.1. The van der Waals surface area contributed by atoms with Gasteiger partial charge >= 0.3 is 0 Å². The first-order valence-electron chi connectivity index (χ1n) is 19.5. The molecule has 0 saturated heterocycles. The average molecular weight is 757 g/mol. The van der Waals surface area contributed by atoms with Crippen LogP contribution in [-0.2, 0) is 0 Å². The number of para-hydroxylation sites is 3. The van der Waals surface area contributed by atoms with Crippen LogP contribution in [-0.4, -0.2) is 19.5 Å². The quantitative estimate of drug-likeness (QED) is 0.164. The molecule has 0 radical (unpaired) electrons. The van der Waals surface area contributed by atoms with E-state index in [0.717, 1.165) is 49.2 Å². The minimum absolute atomic E-state index is 0.620. The second-order valence-electron chi connectivity index (χ2n) is 14.7. The Morgan fingerprint density at radius 2 is 0.828 bits per heavy atom. The summed E-state index contributed by atoms with van der Waals surface area (Å²) in [7, 11) is 0. The van der Waals surface area contributed by atoms with Crippen LogP contribution in [0, 0.1) is 0 Å². The molecule has 0 aliphatic heterocycles. The molecule has 270 valence electrons. The molecule has 0 aliphatic carbocycles. The van der Waals surface area contributed by atoms with E-state index in [9.17, 15) is 0 Å². The van der Waals surface area contributed by atoms with Gasteiger partial charge in [0.1, 0.15) is 0 Å². The van der Waals surface area contributed by atoms with Gasteiger partial charge in [-0.05, 0) is 69.1 Å². The molecule has 0 N–H and O–H groups in total. The lowest BCUT2D eigenvalue weighted by Gasteiger charge is -2.16. The lowest BCUT2D eigenvalue weighted by molar-refractivity contribution is 1.07. The maximum Gasteiger partial charge on any atom is 0.166 e. The van der Waals surface area contributed by atoms with Gasteiger partial charge < -0.3 is 4.57 Å². The van der Waals surface area contributed by atoms with E-state index >= 15 is 0 Å². The van der Waals surface area contributed by atoms with Crippen molar-refractivity contribution in [3.8, 4) is 51.0 Å². The van der Waals surface area contributed by atoms with Crippen LogP contribution in [0.25, 0.3) is 115 Å². The normalized spacial score (nSPS) is 11.8. The van der Waals surface area contributed by atoms with Gasteiger partial charge in [-0.15, -0.1) is 11.3 Å². The Kier molecular flexibility index (Phi) is 7.37. The van der Waals surface area contributed by atoms with Crippen molar-refractivity contribution in [2.24, 2.45) is 0 Å². The second-order valence-corrected chi connectivity index (χ2v) is 15.8. The summed E-state index contributed by atoms with van der Waals surface area (Å²) < 4.78 is 4.76. The van der Waals surface area contributed by atoms with E-state index in [2.05, 4.69) is 199 Å². The highest BCUT2D eigenvalue weighted by Crippen LogP contribution is 2.42. The van der Waals surface area contributed by atoms with Gasteiger partial charge in [-0.1, -0.05) is 158 Å². The van der Waals surface area contributed by atoms with Crippen molar-refractivity contribution >= 4 is 74.9 Å². The zero-order chi connectivity index (χ0) is 38.2. The summed E-state index contributed by atoms with van der Waals surface area (Å²) >= 11 is 1.79. The van der Waals surface area contributed by atoms with Gasteiger partial charge in [0.15, 0.2) is 17.5 Å². The van der Waals surface area contributed by atoms with Gasteiger partial charge in [0.2, 0.25) is 0 Å². The smallest absolute Gasteiger partial charge is 0.166 e. The molecule has 5 heteroatoms. The predicted octanol–water partition coefficient (Wildman–Crippen LogP) is 14.3. The molecule has 12 rings (SSSR count). The van der Waals surface area contributed by atoms with Gasteiger partial charge in [-0.25, -0.2) is 15.0 Å². The molecule has 4 nitrogen and oxygen atoms in total. The summed E-state index contributed by atoms with van der Waals surface area (Å²) in [6.07, 6.45) is 0. The fourth-order valence-electron chi connectivity index (χ4n) is 8.89. The van der Waals surface area contributed by atoms with Crippen LogP contribution >= 0.6 is 11.3 Å². The van der Waals surface area contributed by atoms with E-state index in [1.54, 1.807) is 11.3 Å². The van der Waals surface area contributed by atoms with Crippen LogP contribution in [0.5, 0.6) is 0 Å². The lowest BCUT2D eigenvalue weighted by atomic mass is 9.92. The maximum atomic E-state index is 5.44. The Morgan fingerprint density at radius 3 is 1.60 bits per heavy atom. The molecule has 0 saturated carbocycles. The number of fused-ring (bicyclic) bond motifs is 9. The second kappa shape index (κ2) is 13.1. The topological polar surface area (TPSA) is 43.6 Å². The monoisotopic (exact) mass is 756 g/mol. The highest BCUT2D eigenvalue weighted by Gasteiger charge is 2.22. The molecule has 0 bridgehead atoms. The summed E-state index contributed by atoms with van der Waals surface area (Å²) in [5.41, 5.74) is 8.36. The number of hydrogen-bond acceptors (Lipinski definition) is 4. The predicted molar refractivity (Wildman–Crippen MR) is 244 cm³/mol. The molecule has 12 aromatic rings. The zero-order valence-corrected chi connectivity index (χ0v) is 32.0. The molecule has 0 amide bonds. The fraction of sp³-hybridized carbons (Fsp3) is 0. The van der Waals surface area contributed by atoms with Crippen LogP contribution in [0.1, 0.15) is 0 Å². The van der Waals surface area contributed by atoms with Crippen LogP contribution < -0.4 is 0 Å². The van der Waals surface area contributed by atoms with Crippen LogP contribution in [0.4, 0.5) is 0 Å². The zero-order valence-electron chi connectivity index (χ0n) is 31.2. The summed E-state index contributed by atoms with van der Waals surface area (Å²) in [6, 6.07) is 69.1. The molecule has 0 unspecified atom stereocenters. The number of benzene rings is 9. The van der Waals surface area contributed by atoms with E-state index in [1.165, 1.54) is 47.8 Å². The van der Waals surface area contributed by atoms with Crippen molar-refractivity contribution in [1.82, 2.24) is 19.5 Å². The molecular formula is C53H32N4S. The van der Waals surface area contributed by atoms with E-state index in [1.807, 2.05) is 0 Å². The van der Waals surface area contributed by atoms with E-state index < -0.39 is 0 Å². The average Bonchev–Trinajstić information content (AvgIpc) is 3.85. The first kappa shape index (κ1) is 32.7. The van der Waals surface area contributed by atoms with E-state index in [4.69, 9.17) is 15.0 Å². The summed E-state index contributed by atoms with van der Waals surface area (Å²) in [4.78, 5) is 16.3. The molecule has 9 aromatic carbocycles. The minimum atomic E-state index is 0.620. The standard InChI is InChI=1S/C53H32N4S/c1-2-16-34-33(15-1)31-32-38-35(34)23-13-24-36(38)37-17-3-4-21-43(37)51-54-52(56-53(55-51)45-26-14-25-42-41-20-8-12-30-49(41)58-50(42)45)44-22-7-11-29-48(44)57-46-27-9-5-18-39(46)40-19-6-10-28-47(40)57/h1-32H.